The van der Waals surface area contributed by atoms with E-state index in [9.17, 15) is 4.79 Å². The number of hydrogen-bond acceptors (Lipinski definition) is 8. The van der Waals surface area contributed by atoms with Crippen molar-refractivity contribution in [1.29, 1.82) is 0 Å². The van der Waals surface area contributed by atoms with Crippen LogP contribution in [0.1, 0.15) is 34.4 Å². The van der Waals surface area contributed by atoms with E-state index in [1.807, 2.05) is 56.3 Å². The van der Waals surface area contributed by atoms with Crippen LogP contribution in [-0.4, -0.2) is 61.3 Å². The molecule has 1 aromatic heterocycles. The molecule has 1 N–H and O–H groups in total. The van der Waals surface area contributed by atoms with Gasteiger partial charge in [-0.1, -0.05) is 18.2 Å². The van der Waals surface area contributed by atoms with Gasteiger partial charge in [0.2, 0.25) is 12.7 Å². The number of ether oxygens (including phenoxy) is 3. The average Bonchev–Trinajstić information content (AvgIpc) is 3.49. The topological polar surface area (TPSA) is 89.3 Å². The zero-order valence-electron chi connectivity index (χ0n) is 20.5. The fraction of sp³-hybridized carbons (Fsp3) is 0.385. The number of rotatable bonds is 12. The van der Waals surface area contributed by atoms with Gasteiger partial charge in [-0.15, -0.1) is 0 Å². The normalized spacial score (nSPS) is 12.4. The fourth-order valence-corrected chi connectivity index (χ4v) is 3.74. The molecule has 9 nitrogen and oxygen atoms in total. The molecular weight excluding hydrogens is 448 g/mol. The van der Waals surface area contributed by atoms with Crippen molar-refractivity contribution in [3.63, 3.8) is 0 Å². The van der Waals surface area contributed by atoms with Crippen molar-refractivity contribution in [3.05, 3.63) is 71.4 Å². The third-order valence-electron chi connectivity index (χ3n) is 5.47. The van der Waals surface area contributed by atoms with E-state index in [-0.39, 0.29) is 18.4 Å². The monoisotopic (exact) mass is 480 g/mol. The minimum absolute atomic E-state index is 0.240. The maximum absolute atomic E-state index is 12.4. The van der Waals surface area contributed by atoms with E-state index in [2.05, 4.69) is 27.3 Å². The first-order chi connectivity index (χ1) is 17.0. The predicted octanol–water partition coefficient (Wildman–Crippen LogP) is 3.30. The quantitative estimate of drug-likeness (QED) is 0.423. The Balaban J connectivity index is 1.46. The zero-order valence-corrected chi connectivity index (χ0v) is 20.5. The number of carbonyl (C=O) groups is 1. The number of hydrogen-bond donors (Lipinski definition) is 1. The number of likely N-dealkylation sites (N-methyl/N-ethyl adjacent to an activating group) is 1. The molecular formula is C26H32N4O5. The van der Waals surface area contributed by atoms with E-state index >= 15 is 0 Å². The molecule has 1 aliphatic rings. The smallest absolute Gasteiger partial charge is 0.273 e. The van der Waals surface area contributed by atoms with Crippen molar-refractivity contribution in [2.24, 2.45) is 0 Å². The molecule has 0 saturated heterocycles. The van der Waals surface area contributed by atoms with Crippen LogP contribution in [0, 0.1) is 0 Å². The maximum atomic E-state index is 12.4. The summed E-state index contributed by atoms with van der Waals surface area (Å²) in [5, 5.41) is 2.86. The van der Waals surface area contributed by atoms with E-state index < -0.39 is 0 Å². The summed E-state index contributed by atoms with van der Waals surface area (Å²) < 4.78 is 22.2. The number of carbonyl (C=O) groups excluding carboxylic acids is 1. The van der Waals surface area contributed by atoms with Gasteiger partial charge in [0.25, 0.3) is 5.91 Å². The molecule has 0 aliphatic carbocycles. The molecule has 3 aromatic rings. The van der Waals surface area contributed by atoms with Crippen molar-refractivity contribution >= 4 is 5.91 Å². The van der Waals surface area contributed by atoms with E-state index in [1.165, 1.54) is 6.26 Å². The third-order valence-corrected chi connectivity index (χ3v) is 5.47. The van der Waals surface area contributed by atoms with Gasteiger partial charge in [-0.25, -0.2) is 4.98 Å². The number of benzene rings is 2. The van der Waals surface area contributed by atoms with Crippen molar-refractivity contribution in [3.8, 4) is 17.2 Å². The lowest BCUT2D eigenvalue weighted by atomic mass is 10.1. The van der Waals surface area contributed by atoms with Gasteiger partial charge < -0.3 is 28.8 Å². The molecule has 0 atom stereocenters. The lowest BCUT2D eigenvalue weighted by molar-refractivity contribution is 0.0946. The zero-order chi connectivity index (χ0) is 24.6. The molecule has 2 aromatic carbocycles. The maximum Gasteiger partial charge on any atom is 0.273 e. The van der Waals surface area contributed by atoms with Crippen molar-refractivity contribution in [2.45, 2.75) is 26.6 Å². The third kappa shape index (κ3) is 6.97. The van der Waals surface area contributed by atoms with Gasteiger partial charge >= 0.3 is 0 Å². The molecule has 1 aliphatic heterocycles. The predicted molar refractivity (Wildman–Crippen MR) is 131 cm³/mol. The highest BCUT2D eigenvalue weighted by Gasteiger charge is 2.18. The highest BCUT2D eigenvalue weighted by Crippen LogP contribution is 2.33. The van der Waals surface area contributed by atoms with Crippen LogP contribution in [0.5, 0.6) is 17.2 Å². The second kappa shape index (κ2) is 11.7. The van der Waals surface area contributed by atoms with Crippen LogP contribution in [0.2, 0.25) is 0 Å². The largest absolute Gasteiger partial charge is 0.494 e. The minimum atomic E-state index is -0.240. The molecule has 2 heterocycles. The second-order valence-electron chi connectivity index (χ2n) is 8.60. The summed E-state index contributed by atoms with van der Waals surface area (Å²) in [6, 6.07) is 14.0. The van der Waals surface area contributed by atoms with Gasteiger partial charge in [-0.2, -0.15) is 0 Å². The molecule has 0 spiro atoms. The van der Waals surface area contributed by atoms with Crippen LogP contribution in [0.15, 0.2) is 53.1 Å². The van der Waals surface area contributed by atoms with E-state index in [0.29, 0.717) is 38.7 Å². The molecule has 186 valence electrons. The van der Waals surface area contributed by atoms with Crippen LogP contribution in [-0.2, 0) is 19.6 Å². The Bertz CT molecular complexity index is 1110. The molecule has 0 saturated carbocycles. The summed E-state index contributed by atoms with van der Waals surface area (Å²) in [5.41, 5.74) is 2.48. The molecule has 1 amide bonds. The van der Waals surface area contributed by atoms with Gasteiger partial charge in [0.1, 0.15) is 12.0 Å². The average molecular weight is 481 g/mol. The summed E-state index contributed by atoms with van der Waals surface area (Å²) in [6.07, 6.45) is 1.41. The van der Waals surface area contributed by atoms with Gasteiger partial charge in [-0.3, -0.25) is 9.69 Å². The Labute approximate surface area is 205 Å². The highest BCUT2D eigenvalue weighted by atomic mass is 16.7. The lowest BCUT2D eigenvalue weighted by Gasteiger charge is -2.21. The van der Waals surface area contributed by atoms with Crippen LogP contribution < -0.4 is 19.5 Å². The summed E-state index contributed by atoms with van der Waals surface area (Å²) in [4.78, 5) is 21.0. The van der Waals surface area contributed by atoms with E-state index in [1.54, 1.807) is 0 Å². The van der Waals surface area contributed by atoms with Crippen LogP contribution in [0.3, 0.4) is 0 Å². The van der Waals surface area contributed by atoms with E-state index in [0.717, 1.165) is 34.9 Å². The number of fused-ring (bicyclic) bond motifs is 1. The molecule has 0 bridgehead atoms. The SMILES string of the molecule is CCOc1ccc(CN(Cc2ccc3c(c2)OCO3)Cc2nc(C(=O)NCCN(C)C)co2)cc1. The number of oxazole rings is 1. The second-order valence-corrected chi connectivity index (χ2v) is 8.60. The minimum Gasteiger partial charge on any atom is -0.494 e. The molecule has 4 rings (SSSR count). The van der Waals surface area contributed by atoms with Gasteiger partial charge in [-0.05, 0) is 56.4 Å². The summed E-state index contributed by atoms with van der Waals surface area (Å²) in [7, 11) is 3.92. The standard InChI is InChI=1S/C26H32N4O5/c1-4-32-21-8-5-19(6-9-21)14-30(15-20-7-10-23-24(13-20)35-18-34-23)16-25-28-22(17-33-25)26(31)27-11-12-29(2)3/h5-10,13,17H,4,11-12,14-16,18H2,1-3H3,(H,27,31). The van der Waals surface area contributed by atoms with Crippen LogP contribution in [0.25, 0.3) is 0 Å². The molecule has 9 heteroatoms. The van der Waals surface area contributed by atoms with Gasteiger partial charge in [0.05, 0.1) is 13.2 Å². The Morgan fingerprint density at radius 3 is 2.54 bits per heavy atom. The molecule has 0 radical (unpaired) electrons. The highest BCUT2D eigenvalue weighted by molar-refractivity contribution is 5.91. The lowest BCUT2D eigenvalue weighted by Crippen LogP contribution is -2.31. The number of nitrogens with zero attached hydrogens (tertiary/aromatic N) is 3. The number of aromatic nitrogens is 1. The van der Waals surface area contributed by atoms with Crippen LogP contribution >= 0.6 is 0 Å². The molecule has 35 heavy (non-hydrogen) atoms. The first kappa shape index (κ1) is 24.6. The molecule has 0 unspecified atom stereocenters. The van der Waals surface area contributed by atoms with Crippen molar-refractivity contribution in [2.75, 3.05) is 40.6 Å². The fourth-order valence-electron chi connectivity index (χ4n) is 3.74. The summed E-state index contributed by atoms with van der Waals surface area (Å²) in [5.74, 6) is 2.59. The summed E-state index contributed by atoms with van der Waals surface area (Å²) in [6.45, 7) is 5.87. The Hall–Kier alpha value is -3.56. The first-order valence-corrected chi connectivity index (χ1v) is 11.7. The molecule has 0 fully saturated rings. The summed E-state index contributed by atoms with van der Waals surface area (Å²) >= 11 is 0. The van der Waals surface area contributed by atoms with Gasteiger partial charge in [0.15, 0.2) is 17.2 Å². The number of amides is 1. The van der Waals surface area contributed by atoms with Crippen molar-refractivity contribution in [1.82, 2.24) is 20.1 Å². The number of nitrogens with one attached hydrogen (secondary N) is 1. The van der Waals surface area contributed by atoms with Gasteiger partial charge in [0, 0.05) is 26.2 Å². The van der Waals surface area contributed by atoms with Crippen LogP contribution in [0.4, 0.5) is 0 Å². The first-order valence-electron chi connectivity index (χ1n) is 11.7. The Morgan fingerprint density at radius 2 is 1.77 bits per heavy atom. The Morgan fingerprint density at radius 1 is 1.03 bits per heavy atom. The van der Waals surface area contributed by atoms with Crippen molar-refractivity contribution < 1.29 is 23.4 Å². The Kier molecular flexibility index (Phi) is 8.23. The van der Waals surface area contributed by atoms with E-state index in [4.69, 9.17) is 18.6 Å².